The van der Waals surface area contributed by atoms with Crippen molar-refractivity contribution < 1.29 is 19.1 Å². The van der Waals surface area contributed by atoms with Gasteiger partial charge in [-0.25, -0.2) is 14.0 Å². The molecule has 2 amide bonds. The summed E-state index contributed by atoms with van der Waals surface area (Å²) in [7, 11) is 0. The van der Waals surface area contributed by atoms with Gasteiger partial charge in [-0.3, -0.25) is 0 Å². The zero-order chi connectivity index (χ0) is 15.5. The van der Waals surface area contributed by atoms with Crippen molar-refractivity contribution in [3.63, 3.8) is 0 Å². The number of nitrogens with one attached hydrogen (secondary N) is 2. The Morgan fingerprint density at radius 1 is 1.48 bits per heavy atom. The van der Waals surface area contributed by atoms with E-state index >= 15 is 0 Å². The topological polar surface area (TPSA) is 78.4 Å². The lowest BCUT2D eigenvalue weighted by atomic mass is 10.1. The van der Waals surface area contributed by atoms with Gasteiger partial charge in [-0.1, -0.05) is 0 Å². The molecule has 1 saturated heterocycles. The molecule has 0 aromatic heterocycles. The van der Waals surface area contributed by atoms with Gasteiger partial charge in [0.25, 0.3) is 0 Å². The molecule has 0 radical (unpaired) electrons. The minimum absolute atomic E-state index is 0.0127. The summed E-state index contributed by atoms with van der Waals surface area (Å²) in [6.45, 7) is 2.57. The Balaban J connectivity index is 1.96. The monoisotopic (exact) mass is 312 g/mol. The Morgan fingerprint density at radius 2 is 2.24 bits per heavy atom. The number of carboxylic acid groups (broad SMARTS) is 1. The molecule has 1 atom stereocenters. The van der Waals surface area contributed by atoms with E-state index in [1.807, 2.05) is 11.8 Å². The average molecular weight is 312 g/mol. The van der Waals surface area contributed by atoms with Gasteiger partial charge in [0.1, 0.15) is 5.82 Å². The van der Waals surface area contributed by atoms with Crippen molar-refractivity contribution in [1.82, 2.24) is 5.32 Å². The Hall–Kier alpha value is -1.76. The SMILES string of the molecule is CC1(CNC(=O)Nc2cc(C(=O)O)ccc2F)CCCS1. The number of carbonyl (C=O) groups is 2. The maximum Gasteiger partial charge on any atom is 0.335 e. The van der Waals surface area contributed by atoms with Crippen LogP contribution in [0, 0.1) is 5.82 Å². The van der Waals surface area contributed by atoms with Crippen molar-refractivity contribution in [1.29, 1.82) is 0 Å². The third-order valence-corrected chi connectivity index (χ3v) is 4.92. The maximum absolute atomic E-state index is 13.6. The molecule has 3 N–H and O–H groups in total. The van der Waals surface area contributed by atoms with E-state index in [-0.39, 0.29) is 16.0 Å². The van der Waals surface area contributed by atoms with Crippen molar-refractivity contribution >= 4 is 29.4 Å². The third-order valence-electron chi connectivity index (χ3n) is 3.38. The predicted octanol–water partition coefficient (Wildman–Crippen LogP) is 2.93. The van der Waals surface area contributed by atoms with Crippen LogP contribution in [0.2, 0.25) is 0 Å². The fourth-order valence-electron chi connectivity index (χ4n) is 2.16. The standard InChI is InChI=1S/C14H17FN2O3S/c1-14(5-2-6-21-14)8-16-13(20)17-11-7-9(12(18)19)3-4-10(11)15/h3-4,7H,2,5-6,8H2,1H3,(H,18,19)(H2,16,17,20). The van der Waals surface area contributed by atoms with E-state index in [0.717, 1.165) is 36.8 Å². The molecule has 1 unspecified atom stereocenters. The number of hydrogen-bond acceptors (Lipinski definition) is 3. The van der Waals surface area contributed by atoms with Crippen LogP contribution in [-0.4, -0.2) is 34.2 Å². The molecule has 1 aromatic carbocycles. The van der Waals surface area contributed by atoms with Crippen molar-refractivity contribution in [2.24, 2.45) is 0 Å². The zero-order valence-corrected chi connectivity index (χ0v) is 12.4. The molecule has 0 bridgehead atoms. The highest BCUT2D eigenvalue weighted by Gasteiger charge is 2.29. The molecule has 0 aliphatic carbocycles. The number of carboxylic acids is 1. The van der Waals surface area contributed by atoms with E-state index in [0.29, 0.717) is 6.54 Å². The quantitative estimate of drug-likeness (QED) is 0.799. The zero-order valence-electron chi connectivity index (χ0n) is 11.6. The predicted molar refractivity (Wildman–Crippen MR) is 80.5 cm³/mol. The first kappa shape index (κ1) is 15.6. The summed E-state index contributed by atoms with van der Waals surface area (Å²) in [5.41, 5.74) is -0.221. The number of hydrogen-bond donors (Lipinski definition) is 3. The smallest absolute Gasteiger partial charge is 0.335 e. The van der Waals surface area contributed by atoms with Gasteiger partial charge in [0, 0.05) is 11.3 Å². The van der Waals surface area contributed by atoms with Crippen molar-refractivity contribution in [2.45, 2.75) is 24.5 Å². The summed E-state index contributed by atoms with van der Waals surface area (Å²) in [5.74, 6) is -0.764. The number of benzene rings is 1. The molecule has 2 rings (SSSR count). The van der Waals surface area contributed by atoms with Crippen LogP contribution >= 0.6 is 11.8 Å². The van der Waals surface area contributed by atoms with Gasteiger partial charge < -0.3 is 15.7 Å². The first-order valence-corrected chi connectivity index (χ1v) is 7.60. The summed E-state index contributed by atoms with van der Waals surface area (Å²) in [4.78, 5) is 22.6. The van der Waals surface area contributed by atoms with Crippen LogP contribution in [0.5, 0.6) is 0 Å². The van der Waals surface area contributed by atoms with E-state index in [4.69, 9.17) is 5.11 Å². The number of rotatable bonds is 4. The van der Waals surface area contributed by atoms with Crippen LogP contribution in [0.4, 0.5) is 14.9 Å². The van der Waals surface area contributed by atoms with Crippen LogP contribution in [0.25, 0.3) is 0 Å². The van der Waals surface area contributed by atoms with Gasteiger partial charge >= 0.3 is 12.0 Å². The van der Waals surface area contributed by atoms with Gasteiger partial charge in [-0.2, -0.15) is 11.8 Å². The maximum atomic E-state index is 13.6. The molecule has 1 aliphatic rings. The van der Waals surface area contributed by atoms with Crippen LogP contribution in [0.15, 0.2) is 18.2 Å². The summed E-state index contributed by atoms with van der Waals surface area (Å²) in [6.07, 6.45) is 2.15. The number of carbonyl (C=O) groups excluding carboxylic acids is 1. The Kier molecular flexibility index (Phi) is 4.72. The van der Waals surface area contributed by atoms with E-state index < -0.39 is 17.8 Å². The minimum atomic E-state index is -1.17. The lowest BCUT2D eigenvalue weighted by molar-refractivity contribution is 0.0697. The lowest BCUT2D eigenvalue weighted by Gasteiger charge is -2.23. The first-order valence-electron chi connectivity index (χ1n) is 6.61. The fraction of sp³-hybridized carbons (Fsp3) is 0.429. The highest BCUT2D eigenvalue weighted by molar-refractivity contribution is 8.00. The molecule has 5 nitrogen and oxygen atoms in total. The van der Waals surface area contributed by atoms with Crippen LogP contribution < -0.4 is 10.6 Å². The van der Waals surface area contributed by atoms with E-state index in [9.17, 15) is 14.0 Å². The van der Waals surface area contributed by atoms with Crippen molar-refractivity contribution in [3.8, 4) is 0 Å². The number of thioether (sulfide) groups is 1. The Bertz CT molecular complexity index is 559. The van der Waals surface area contributed by atoms with E-state index in [1.54, 1.807) is 0 Å². The van der Waals surface area contributed by atoms with Gasteiger partial charge in [-0.05, 0) is 43.7 Å². The highest BCUT2D eigenvalue weighted by atomic mass is 32.2. The number of anilines is 1. The highest BCUT2D eigenvalue weighted by Crippen LogP contribution is 2.36. The summed E-state index contributed by atoms with van der Waals surface area (Å²) < 4.78 is 13.6. The van der Waals surface area contributed by atoms with Gasteiger partial charge in [-0.15, -0.1) is 0 Å². The second-order valence-electron chi connectivity index (χ2n) is 5.21. The molecule has 7 heteroatoms. The molecular formula is C14H17FN2O3S. The Labute approximate surface area is 126 Å². The van der Waals surface area contributed by atoms with Gasteiger partial charge in [0.05, 0.1) is 11.3 Å². The molecule has 0 spiro atoms. The molecule has 114 valence electrons. The molecule has 1 aliphatic heterocycles. The summed E-state index contributed by atoms with van der Waals surface area (Å²) in [5, 5.41) is 13.9. The molecule has 1 fully saturated rings. The van der Waals surface area contributed by atoms with Crippen LogP contribution in [0.3, 0.4) is 0 Å². The Morgan fingerprint density at radius 3 is 2.86 bits per heavy atom. The summed E-state index contributed by atoms with van der Waals surface area (Å²) in [6, 6.07) is 2.73. The molecule has 21 heavy (non-hydrogen) atoms. The second kappa shape index (κ2) is 6.34. The van der Waals surface area contributed by atoms with Crippen LogP contribution in [0.1, 0.15) is 30.1 Å². The number of amides is 2. The van der Waals surface area contributed by atoms with E-state index in [1.165, 1.54) is 0 Å². The number of halogens is 1. The van der Waals surface area contributed by atoms with Crippen LogP contribution in [-0.2, 0) is 0 Å². The minimum Gasteiger partial charge on any atom is -0.478 e. The summed E-state index contributed by atoms with van der Waals surface area (Å²) >= 11 is 1.81. The molecule has 0 saturated carbocycles. The lowest BCUT2D eigenvalue weighted by Crippen LogP contribution is -2.39. The molecular weight excluding hydrogens is 295 g/mol. The van der Waals surface area contributed by atoms with E-state index in [2.05, 4.69) is 17.6 Å². The third kappa shape index (κ3) is 4.10. The normalized spacial score (nSPS) is 21.0. The van der Waals surface area contributed by atoms with Gasteiger partial charge in [0.2, 0.25) is 0 Å². The fourth-order valence-corrected chi connectivity index (χ4v) is 3.41. The van der Waals surface area contributed by atoms with Gasteiger partial charge in [0.15, 0.2) is 0 Å². The molecule has 1 aromatic rings. The largest absolute Gasteiger partial charge is 0.478 e. The first-order chi connectivity index (χ1) is 9.89. The second-order valence-corrected chi connectivity index (χ2v) is 6.89. The average Bonchev–Trinajstić information content (AvgIpc) is 2.86. The number of aromatic carboxylic acids is 1. The van der Waals surface area contributed by atoms with Crippen molar-refractivity contribution in [3.05, 3.63) is 29.6 Å². The molecule has 1 heterocycles. The van der Waals surface area contributed by atoms with Crippen molar-refractivity contribution in [2.75, 3.05) is 17.6 Å². The number of urea groups is 1.